The molecule has 1 aliphatic carbocycles. The van der Waals surface area contributed by atoms with Crippen LogP contribution in [0.1, 0.15) is 29.0 Å². The molecule has 2 aromatic rings. The third kappa shape index (κ3) is 2.92. The fourth-order valence-electron chi connectivity index (χ4n) is 2.63. The number of phenolic OH excluding ortho intramolecular Hbond substituents is 1. The number of anilines is 1. The third-order valence-electron chi connectivity index (χ3n) is 4.22. The molecular weight excluding hydrogens is 262 g/mol. The van der Waals surface area contributed by atoms with Crippen LogP contribution in [0.2, 0.25) is 0 Å². The first-order chi connectivity index (χ1) is 10.0. The predicted molar refractivity (Wildman–Crippen MR) is 83.5 cm³/mol. The van der Waals surface area contributed by atoms with Crippen LogP contribution in [0.15, 0.2) is 42.5 Å². The van der Waals surface area contributed by atoms with E-state index < -0.39 is 0 Å². The van der Waals surface area contributed by atoms with Gasteiger partial charge >= 0.3 is 0 Å². The highest BCUT2D eigenvalue weighted by molar-refractivity contribution is 5.95. The van der Waals surface area contributed by atoms with Crippen LogP contribution in [-0.2, 0) is 4.79 Å². The molecular formula is C18H19NO2. The average Bonchev–Trinajstić information content (AvgIpc) is 3.24. The van der Waals surface area contributed by atoms with Crippen molar-refractivity contribution >= 4 is 11.6 Å². The molecule has 0 aromatic heterocycles. The van der Waals surface area contributed by atoms with Crippen molar-refractivity contribution in [1.29, 1.82) is 0 Å². The second-order valence-electron chi connectivity index (χ2n) is 5.83. The quantitative estimate of drug-likeness (QED) is 0.900. The number of carbonyl (C=O) groups is 1. The number of aromatic hydroxyl groups is 1. The summed E-state index contributed by atoms with van der Waals surface area (Å²) in [5, 5.41) is 12.3. The van der Waals surface area contributed by atoms with Gasteiger partial charge in [0.25, 0.3) is 0 Å². The molecule has 0 radical (unpaired) electrons. The smallest absolute Gasteiger partial charge is 0.228 e. The minimum absolute atomic E-state index is 0.0381. The number of rotatable bonds is 3. The van der Waals surface area contributed by atoms with Crippen molar-refractivity contribution in [2.75, 3.05) is 5.32 Å². The number of aryl methyl sites for hydroxylation is 2. The molecule has 2 aromatic carbocycles. The zero-order chi connectivity index (χ0) is 15.0. The molecule has 0 spiro atoms. The molecule has 1 aliphatic rings. The Labute approximate surface area is 124 Å². The first kappa shape index (κ1) is 13.7. The normalized spacial score (nSPS) is 20.1. The van der Waals surface area contributed by atoms with E-state index in [1.807, 2.05) is 37.3 Å². The van der Waals surface area contributed by atoms with E-state index in [1.54, 1.807) is 12.1 Å². The van der Waals surface area contributed by atoms with Crippen molar-refractivity contribution in [3.8, 4) is 5.75 Å². The van der Waals surface area contributed by atoms with Gasteiger partial charge in [-0.05, 0) is 67.1 Å². The Balaban J connectivity index is 1.65. The number of carbonyl (C=O) groups excluding carboxylic acids is 1. The molecule has 2 unspecified atom stereocenters. The summed E-state index contributed by atoms with van der Waals surface area (Å²) in [6, 6.07) is 13.1. The van der Waals surface area contributed by atoms with E-state index in [-0.39, 0.29) is 23.5 Å². The van der Waals surface area contributed by atoms with Gasteiger partial charge in [0.05, 0.1) is 0 Å². The summed E-state index contributed by atoms with van der Waals surface area (Å²) in [4.78, 5) is 12.3. The average molecular weight is 281 g/mol. The number of benzene rings is 2. The summed E-state index contributed by atoms with van der Waals surface area (Å²) >= 11 is 0. The van der Waals surface area contributed by atoms with Crippen molar-refractivity contribution in [2.45, 2.75) is 26.2 Å². The Kier molecular flexibility index (Phi) is 3.42. The highest BCUT2D eigenvalue weighted by Gasteiger charge is 2.43. The van der Waals surface area contributed by atoms with E-state index in [0.29, 0.717) is 0 Å². The summed E-state index contributed by atoms with van der Waals surface area (Å²) < 4.78 is 0. The van der Waals surface area contributed by atoms with Crippen LogP contribution in [0.3, 0.4) is 0 Å². The molecule has 0 heterocycles. The maximum atomic E-state index is 12.3. The minimum Gasteiger partial charge on any atom is -0.508 e. The first-order valence-corrected chi connectivity index (χ1v) is 7.21. The molecule has 3 rings (SSSR count). The maximum Gasteiger partial charge on any atom is 0.228 e. The molecule has 1 amide bonds. The minimum atomic E-state index is 0.0381. The molecule has 2 atom stereocenters. The van der Waals surface area contributed by atoms with Crippen molar-refractivity contribution < 1.29 is 9.90 Å². The zero-order valence-corrected chi connectivity index (χ0v) is 12.3. The molecule has 1 fully saturated rings. The maximum absolute atomic E-state index is 12.3. The van der Waals surface area contributed by atoms with Gasteiger partial charge < -0.3 is 10.4 Å². The van der Waals surface area contributed by atoms with E-state index in [1.165, 1.54) is 11.1 Å². The van der Waals surface area contributed by atoms with Gasteiger partial charge in [-0.15, -0.1) is 0 Å². The molecule has 21 heavy (non-hydrogen) atoms. The number of hydrogen-bond donors (Lipinski definition) is 2. The van der Waals surface area contributed by atoms with Gasteiger partial charge in [0.2, 0.25) is 5.91 Å². The van der Waals surface area contributed by atoms with Gasteiger partial charge in [-0.25, -0.2) is 0 Å². The van der Waals surface area contributed by atoms with Gasteiger partial charge in [0, 0.05) is 11.6 Å². The predicted octanol–water partition coefficient (Wildman–Crippen LogP) is 3.75. The molecule has 3 heteroatoms. The summed E-state index contributed by atoms with van der Waals surface area (Å²) in [5.74, 6) is 0.653. The van der Waals surface area contributed by atoms with E-state index in [2.05, 4.69) is 12.2 Å². The Morgan fingerprint density at radius 2 is 1.81 bits per heavy atom. The van der Waals surface area contributed by atoms with Crippen LogP contribution in [0.25, 0.3) is 0 Å². The Hall–Kier alpha value is -2.29. The van der Waals surface area contributed by atoms with E-state index in [9.17, 15) is 9.90 Å². The zero-order valence-electron chi connectivity index (χ0n) is 12.3. The first-order valence-electron chi connectivity index (χ1n) is 7.21. The van der Waals surface area contributed by atoms with Gasteiger partial charge in [-0.2, -0.15) is 0 Å². The van der Waals surface area contributed by atoms with E-state index in [4.69, 9.17) is 0 Å². The summed E-state index contributed by atoms with van der Waals surface area (Å²) in [7, 11) is 0. The topological polar surface area (TPSA) is 49.3 Å². The highest BCUT2D eigenvalue weighted by Crippen LogP contribution is 2.48. The Morgan fingerprint density at radius 1 is 1.10 bits per heavy atom. The standard InChI is InChI=1S/C18H19NO2/c1-11-3-6-14(9-12(11)2)19-18(21)17-10-16(17)13-4-7-15(20)8-5-13/h3-9,16-17,20H,10H2,1-2H3,(H,19,21). The summed E-state index contributed by atoms with van der Waals surface area (Å²) in [6.45, 7) is 4.10. The summed E-state index contributed by atoms with van der Waals surface area (Å²) in [5.41, 5.74) is 4.38. The molecule has 0 aliphatic heterocycles. The fraction of sp³-hybridized carbons (Fsp3) is 0.278. The third-order valence-corrected chi connectivity index (χ3v) is 4.22. The van der Waals surface area contributed by atoms with Crippen molar-refractivity contribution in [3.05, 3.63) is 59.2 Å². The lowest BCUT2D eigenvalue weighted by Gasteiger charge is -2.07. The van der Waals surface area contributed by atoms with Crippen LogP contribution < -0.4 is 5.32 Å². The van der Waals surface area contributed by atoms with Crippen LogP contribution in [0.5, 0.6) is 5.75 Å². The molecule has 1 saturated carbocycles. The Bertz CT molecular complexity index is 676. The molecule has 3 nitrogen and oxygen atoms in total. The van der Waals surface area contributed by atoms with E-state index >= 15 is 0 Å². The van der Waals surface area contributed by atoms with Crippen molar-refractivity contribution in [3.63, 3.8) is 0 Å². The monoisotopic (exact) mass is 281 g/mol. The number of nitrogens with one attached hydrogen (secondary N) is 1. The van der Waals surface area contributed by atoms with Crippen LogP contribution >= 0.6 is 0 Å². The Morgan fingerprint density at radius 3 is 2.48 bits per heavy atom. The van der Waals surface area contributed by atoms with Crippen molar-refractivity contribution in [1.82, 2.24) is 0 Å². The van der Waals surface area contributed by atoms with Gasteiger partial charge in [0.15, 0.2) is 0 Å². The second-order valence-corrected chi connectivity index (χ2v) is 5.83. The van der Waals surface area contributed by atoms with Crippen LogP contribution in [0.4, 0.5) is 5.69 Å². The van der Waals surface area contributed by atoms with E-state index in [0.717, 1.165) is 17.7 Å². The van der Waals surface area contributed by atoms with Gasteiger partial charge in [-0.3, -0.25) is 4.79 Å². The molecule has 108 valence electrons. The number of amides is 1. The lowest BCUT2D eigenvalue weighted by atomic mass is 10.1. The van der Waals surface area contributed by atoms with Crippen molar-refractivity contribution in [2.24, 2.45) is 5.92 Å². The van der Waals surface area contributed by atoms with Gasteiger partial charge in [0.1, 0.15) is 5.75 Å². The number of hydrogen-bond acceptors (Lipinski definition) is 2. The highest BCUT2D eigenvalue weighted by atomic mass is 16.3. The second kappa shape index (κ2) is 5.24. The SMILES string of the molecule is Cc1ccc(NC(=O)C2CC2c2ccc(O)cc2)cc1C. The molecule has 0 bridgehead atoms. The van der Waals surface area contributed by atoms with Gasteiger partial charge in [-0.1, -0.05) is 18.2 Å². The molecule has 0 saturated heterocycles. The largest absolute Gasteiger partial charge is 0.508 e. The fourth-order valence-corrected chi connectivity index (χ4v) is 2.63. The number of phenols is 1. The summed E-state index contributed by atoms with van der Waals surface area (Å²) in [6.07, 6.45) is 0.876. The molecule has 2 N–H and O–H groups in total. The van der Waals surface area contributed by atoms with Crippen LogP contribution in [-0.4, -0.2) is 11.0 Å². The lowest BCUT2D eigenvalue weighted by Crippen LogP contribution is -2.14. The lowest BCUT2D eigenvalue weighted by molar-refractivity contribution is -0.117. The van der Waals surface area contributed by atoms with Crippen LogP contribution in [0, 0.1) is 19.8 Å².